The van der Waals surface area contributed by atoms with Gasteiger partial charge in [0.05, 0.1) is 31.5 Å². The summed E-state index contributed by atoms with van der Waals surface area (Å²) < 4.78 is 23.1. The highest BCUT2D eigenvalue weighted by Crippen LogP contribution is 2.29. The predicted octanol–water partition coefficient (Wildman–Crippen LogP) is 3.14. The summed E-state index contributed by atoms with van der Waals surface area (Å²) in [5, 5.41) is 5.41. The van der Waals surface area contributed by atoms with Crippen LogP contribution in [0.15, 0.2) is 23.6 Å². The molecule has 1 aromatic carbocycles. The molecule has 0 saturated heterocycles. The van der Waals surface area contributed by atoms with Crippen molar-refractivity contribution in [1.82, 2.24) is 4.98 Å². The largest absolute Gasteiger partial charge is 0.494 e. The van der Waals surface area contributed by atoms with Crippen molar-refractivity contribution in [2.75, 3.05) is 19.0 Å². The maximum Gasteiger partial charge on any atom is 0.311 e. The first-order chi connectivity index (χ1) is 10.1. The molecule has 1 heterocycles. The van der Waals surface area contributed by atoms with Crippen LogP contribution in [0.3, 0.4) is 0 Å². The van der Waals surface area contributed by atoms with E-state index in [1.165, 1.54) is 30.6 Å². The molecule has 1 aromatic heterocycles. The standard InChI is InChI=1S/C14H15FN2O3S/c1-3-20-13(18)7-10-8-21-14(16-10)17-11-5-4-9(15)6-12(11)19-2/h4-6,8H,3,7H2,1-2H3,(H,16,17). The number of anilines is 2. The average molecular weight is 310 g/mol. The molecule has 0 amide bonds. The van der Waals surface area contributed by atoms with E-state index in [4.69, 9.17) is 9.47 Å². The van der Waals surface area contributed by atoms with E-state index in [1.54, 1.807) is 18.4 Å². The number of rotatable bonds is 6. The van der Waals surface area contributed by atoms with Crippen molar-refractivity contribution >= 4 is 28.1 Å². The SMILES string of the molecule is CCOC(=O)Cc1csc(Nc2ccc(F)cc2OC)n1. The maximum absolute atomic E-state index is 13.1. The van der Waals surface area contributed by atoms with E-state index in [1.807, 2.05) is 0 Å². The van der Waals surface area contributed by atoms with Gasteiger partial charge in [-0.25, -0.2) is 9.37 Å². The Labute approximate surface area is 125 Å². The topological polar surface area (TPSA) is 60.5 Å². The lowest BCUT2D eigenvalue weighted by atomic mass is 10.3. The van der Waals surface area contributed by atoms with Gasteiger partial charge in [-0.2, -0.15) is 0 Å². The van der Waals surface area contributed by atoms with Crippen molar-refractivity contribution in [2.24, 2.45) is 0 Å². The molecule has 0 fully saturated rings. The van der Waals surface area contributed by atoms with Gasteiger partial charge in [-0.3, -0.25) is 4.79 Å². The van der Waals surface area contributed by atoms with E-state index < -0.39 is 0 Å². The number of carbonyl (C=O) groups is 1. The molecular weight excluding hydrogens is 295 g/mol. The van der Waals surface area contributed by atoms with Crippen molar-refractivity contribution < 1.29 is 18.7 Å². The number of nitrogens with zero attached hydrogens (tertiary/aromatic N) is 1. The van der Waals surface area contributed by atoms with Gasteiger partial charge in [0.2, 0.25) is 0 Å². The lowest BCUT2D eigenvalue weighted by Gasteiger charge is -2.08. The zero-order chi connectivity index (χ0) is 15.2. The van der Waals surface area contributed by atoms with Crippen LogP contribution in [-0.4, -0.2) is 24.7 Å². The van der Waals surface area contributed by atoms with Gasteiger partial charge in [0, 0.05) is 11.4 Å². The number of ether oxygens (including phenoxy) is 2. The smallest absolute Gasteiger partial charge is 0.311 e. The minimum absolute atomic E-state index is 0.132. The number of esters is 1. The Morgan fingerprint density at radius 1 is 1.48 bits per heavy atom. The van der Waals surface area contributed by atoms with E-state index in [2.05, 4.69) is 10.3 Å². The molecular formula is C14H15FN2O3S. The molecule has 0 aliphatic carbocycles. The molecule has 7 heteroatoms. The molecule has 0 radical (unpaired) electrons. The predicted molar refractivity (Wildman–Crippen MR) is 78.7 cm³/mol. The summed E-state index contributed by atoms with van der Waals surface area (Å²) in [6.45, 7) is 2.10. The molecule has 0 atom stereocenters. The normalized spacial score (nSPS) is 10.2. The van der Waals surface area contributed by atoms with E-state index in [9.17, 15) is 9.18 Å². The van der Waals surface area contributed by atoms with Gasteiger partial charge in [-0.15, -0.1) is 11.3 Å². The highest BCUT2D eigenvalue weighted by Gasteiger charge is 2.10. The van der Waals surface area contributed by atoms with Crippen molar-refractivity contribution in [3.63, 3.8) is 0 Å². The summed E-state index contributed by atoms with van der Waals surface area (Å²) in [4.78, 5) is 15.7. The Morgan fingerprint density at radius 2 is 2.29 bits per heavy atom. The number of carbonyl (C=O) groups excluding carboxylic acids is 1. The monoisotopic (exact) mass is 310 g/mol. The lowest BCUT2D eigenvalue weighted by molar-refractivity contribution is -0.142. The third-order valence-corrected chi connectivity index (χ3v) is 3.39. The van der Waals surface area contributed by atoms with Crippen molar-refractivity contribution in [1.29, 1.82) is 0 Å². The van der Waals surface area contributed by atoms with Crippen molar-refractivity contribution in [3.8, 4) is 5.75 Å². The Morgan fingerprint density at radius 3 is 3.00 bits per heavy atom. The molecule has 0 spiro atoms. The Hall–Kier alpha value is -2.15. The second kappa shape index (κ2) is 7.03. The first-order valence-corrected chi connectivity index (χ1v) is 7.21. The molecule has 2 aromatic rings. The van der Waals surface area contributed by atoms with Crippen LogP contribution in [0.5, 0.6) is 5.75 Å². The zero-order valence-electron chi connectivity index (χ0n) is 11.7. The maximum atomic E-state index is 13.1. The number of nitrogens with one attached hydrogen (secondary N) is 1. The van der Waals surface area contributed by atoms with Gasteiger partial charge in [0.15, 0.2) is 5.13 Å². The van der Waals surface area contributed by atoms with Gasteiger partial charge >= 0.3 is 5.97 Å². The van der Waals surface area contributed by atoms with Gasteiger partial charge < -0.3 is 14.8 Å². The van der Waals surface area contributed by atoms with Crippen LogP contribution in [-0.2, 0) is 16.0 Å². The van der Waals surface area contributed by atoms with Gasteiger partial charge in [-0.05, 0) is 19.1 Å². The highest BCUT2D eigenvalue weighted by atomic mass is 32.1. The third kappa shape index (κ3) is 4.16. The molecule has 0 aliphatic rings. The first kappa shape index (κ1) is 15.2. The fraction of sp³-hybridized carbons (Fsp3) is 0.286. The first-order valence-electron chi connectivity index (χ1n) is 6.33. The molecule has 2 rings (SSSR count). The number of benzene rings is 1. The van der Waals surface area contributed by atoms with E-state index in [0.717, 1.165) is 0 Å². The second-order valence-electron chi connectivity index (χ2n) is 4.10. The van der Waals surface area contributed by atoms with E-state index >= 15 is 0 Å². The van der Waals surface area contributed by atoms with Crippen LogP contribution in [0.1, 0.15) is 12.6 Å². The molecule has 1 N–H and O–H groups in total. The Balaban J connectivity index is 2.07. The van der Waals surface area contributed by atoms with Gasteiger partial charge in [0.25, 0.3) is 0 Å². The van der Waals surface area contributed by atoms with Crippen LogP contribution in [0.4, 0.5) is 15.2 Å². The summed E-state index contributed by atoms with van der Waals surface area (Å²) in [6, 6.07) is 4.19. The van der Waals surface area contributed by atoms with Gasteiger partial charge in [0.1, 0.15) is 11.6 Å². The number of aromatic nitrogens is 1. The van der Waals surface area contributed by atoms with E-state index in [0.29, 0.717) is 28.9 Å². The number of methoxy groups -OCH3 is 1. The molecule has 0 unspecified atom stereocenters. The Bertz CT molecular complexity index is 630. The molecule has 21 heavy (non-hydrogen) atoms. The number of hydrogen-bond donors (Lipinski definition) is 1. The summed E-state index contributed by atoms with van der Waals surface area (Å²) in [7, 11) is 1.47. The number of halogens is 1. The number of hydrogen-bond acceptors (Lipinski definition) is 6. The fourth-order valence-electron chi connectivity index (χ4n) is 1.69. The van der Waals surface area contributed by atoms with Crippen LogP contribution < -0.4 is 10.1 Å². The molecule has 0 saturated carbocycles. The second-order valence-corrected chi connectivity index (χ2v) is 4.95. The van der Waals surface area contributed by atoms with Crippen LogP contribution in [0.25, 0.3) is 0 Å². The van der Waals surface area contributed by atoms with Gasteiger partial charge in [-0.1, -0.05) is 0 Å². The molecule has 5 nitrogen and oxygen atoms in total. The van der Waals surface area contributed by atoms with Crippen LogP contribution >= 0.6 is 11.3 Å². The average Bonchev–Trinajstić information content (AvgIpc) is 2.88. The number of thiazole rings is 1. The summed E-state index contributed by atoms with van der Waals surface area (Å²) in [6.07, 6.45) is 0.132. The van der Waals surface area contributed by atoms with Crippen molar-refractivity contribution in [3.05, 3.63) is 35.1 Å². The third-order valence-electron chi connectivity index (χ3n) is 2.59. The fourth-order valence-corrected chi connectivity index (χ4v) is 2.41. The zero-order valence-corrected chi connectivity index (χ0v) is 12.5. The van der Waals surface area contributed by atoms with Crippen LogP contribution in [0.2, 0.25) is 0 Å². The van der Waals surface area contributed by atoms with Crippen LogP contribution in [0, 0.1) is 5.82 Å². The molecule has 0 aliphatic heterocycles. The molecule has 112 valence electrons. The minimum atomic E-state index is -0.375. The van der Waals surface area contributed by atoms with Crippen molar-refractivity contribution in [2.45, 2.75) is 13.3 Å². The summed E-state index contributed by atoms with van der Waals surface area (Å²) >= 11 is 1.35. The van der Waals surface area contributed by atoms with E-state index in [-0.39, 0.29) is 18.2 Å². The summed E-state index contributed by atoms with van der Waals surface area (Å²) in [5.74, 6) is -0.301. The molecule has 0 bridgehead atoms. The lowest BCUT2D eigenvalue weighted by Crippen LogP contribution is -2.07. The Kier molecular flexibility index (Phi) is 5.10. The quantitative estimate of drug-likeness (QED) is 0.831. The minimum Gasteiger partial charge on any atom is -0.494 e. The summed E-state index contributed by atoms with van der Waals surface area (Å²) in [5.41, 5.74) is 1.23. The highest BCUT2D eigenvalue weighted by molar-refractivity contribution is 7.13.